The van der Waals surface area contributed by atoms with Gasteiger partial charge in [-0.3, -0.25) is 14.3 Å². The zero-order chi connectivity index (χ0) is 20.3. The minimum absolute atomic E-state index is 0.268. The monoisotopic (exact) mass is 497 g/mol. The molecule has 0 unspecified atom stereocenters. The van der Waals surface area contributed by atoms with Crippen LogP contribution in [-0.4, -0.2) is 31.8 Å². The van der Waals surface area contributed by atoms with Crippen LogP contribution in [0.4, 0.5) is 0 Å². The minimum Gasteiger partial charge on any atom is -0.454 e. The van der Waals surface area contributed by atoms with E-state index in [9.17, 15) is 14.4 Å². The lowest BCUT2D eigenvalue weighted by Crippen LogP contribution is -2.38. The van der Waals surface area contributed by atoms with Crippen LogP contribution in [0.15, 0.2) is 57.3 Å². The predicted octanol–water partition coefficient (Wildman–Crippen LogP) is 2.37. The summed E-state index contributed by atoms with van der Waals surface area (Å²) < 4.78 is 13.0. The normalized spacial score (nSPS) is 26.4. The summed E-state index contributed by atoms with van der Waals surface area (Å²) in [6.07, 6.45) is -0.759. The molecule has 1 aliphatic rings. The van der Waals surface area contributed by atoms with Gasteiger partial charge in [-0.1, -0.05) is 52.8 Å². The first kappa shape index (κ1) is 20.1. The molecule has 1 aliphatic heterocycles. The van der Waals surface area contributed by atoms with Crippen LogP contribution in [0, 0.1) is 5.92 Å². The highest BCUT2D eigenvalue weighted by molar-refractivity contribution is 14.1. The van der Waals surface area contributed by atoms with E-state index in [2.05, 4.69) is 15.0 Å². The van der Waals surface area contributed by atoms with Gasteiger partial charge in [-0.25, -0.2) is 9.59 Å². The third kappa shape index (κ3) is 3.68. The van der Waals surface area contributed by atoms with Gasteiger partial charge in [-0.2, -0.15) is 0 Å². The van der Waals surface area contributed by atoms with Crippen LogP contribution >= 0.6 is 22.6 Å². The minimum atomic E-state index is -1.32. The van der Waals surface area contributed by atoms with Crippen LogP contribution in [0.25, 0.3) is 10.4 Å². The van der Waals surface area contributed by atoms with Crippen molar-refractivity contribution in [3.63, 3.8) is 0 Å². The number of carbonyl (C=O) groups is 1. The van der Waals surface area contributed by atoms with E-state index < -0.39 is 41.2 Å². The summed E-state index contributed by atoms with van der Waals surface area (Å²) in [5.74, 6) is -1.16. The Morgan fingerprint density at radius 1 is 1.39 bits per heavy atom. The van der Waals surface area contributed by atoms with Gasteiger partial charge in [0.1, 0.15) is 0 Å². The number of hydrogen-bond donors (Lipinski definition) is 1. The molecule has 1 aromatic heterocycles. The summed E-state index contributed by atoms with van der Waals surface area (Å²) >= 11 is 2.00. The largest absolute Gasteiger partial charge is 0.454 e. The van der Waals surface area contributed by atoms with Crippen molar-refractivity contribution in [2.45, 2.75) is 25.0 Å². The molecule has 4 atom stereocenters. The van der Waals surface area contributed by atoms with E-state index in [-0.39, 0.29) is 4.43 Å². The third-order valence-electron chi connectivity index (χ3n) is 4.59. The van der Waals surface area contributed by atoms with Gasteiger partial charge in [0, 0.05) is 27.5 Å². The van der Waals surface area contributed by atoms with Gasteiger partial charge >= 0.3 is 11.7 Å². The Labute approximate surface area is 172 Å². The second kappa shape index (κ2) is 8.17. The van der Waals surface area contributed by atoms with Crippen LogP contribution in [0.5, 0.6) is 0 Å². The number of H-pyrrole nitrogens is 1. The smallest absolute Gasteiger partial charge is 0.338 e. The van der Waals surface area contributed by atoms with E-state index in [1.807, 2.05) is 22.6 Å². The number of esters is 1. The summed E-state index contributed by atoms with van der Waals surface area (Å²) in [6.45, 7) is 1.72. The maximum absolute atomic E-state index is 12.6. The quantitative estimate of drug-likeness (QED) is 0.169. The Hall–Kier alpha value is -2.63. The number of carbonyl (C=O) groups excluding carboxylic acids is 1. The maximum Gasteiger partial charge on any atom is 0.338 e. The van der Waals surface area contributed by atoms with Crippen molar-refractivity contribution < 1.29 is 14.3 Å². The van der Waals surface area contributed by atoms with E-state index in [0.29, 0.717) is 5.56 Å². The molecule has 2 aromatic rings. The second-order valence-electron chi connectivity index (χ2n) is 6.22. The molecule has 10 nitrogen and oxygen atoms in total. The van der Waals surface area contributed by atoms with E-state index in [0.717, 1.165) is 10.6 Å². The summed E-state index contributed by atoms with van der Waals surface area (Å²) in [4.78, 5) is 41.3. The average Bonchev–Trinajstić information content (AvgIpc) is 2.95. The van der Waals surface area contributed by atoms with E-state index in [4.69, 9.17) is 15.0 Å². The van der Waals surface area contributed by atoms with Gasteiger partial charge in [0.2, 0.25) is 0 Å². The Kier molecular flexibility index (Phi) is 5.87. The van der Waals surface area contributed by atoms with Crippen LogP contribution < -0.4 is 11.2 Å². The Balaban J connectivity index is 2.03. The van der Waals surface area contributed by atoms with Gasteiger partial charge in [-0.05, 0) is 17.7 Å². The molecule has 146 valence electrons. The SMILES string of the molecule is C[C@H]1[C@@H](OC(=O)c2ccccc2)[C@H](n2ccc(=O)[nH]c2=O)O[C@@]1(CI)N=[N+]=[N-]. The van der Waals surface area contributed by atoms with Crippen molar-refractivity contribution in [3.05, 3.63) is 79.4 Å². The molecular formula is C17H16IN5O5. The summed E-state index contributed by atoms with van der Waals surface area (Å²) in [5, 5.41) is 3.78. The van der Waals surface area contributed by atoms with Gasteiger partial charge < -0.3 is 9.47 Å². The van der Waals surface area contributed by atoms with Crippen molar-refractivity contribution in [2.24, 2.45) is 11.0 Å². The number of aromatic nitrogens is 2. The Morgan fingerprint density at radius 3 is 2.71 bits per heavy atom. The van der Waals surface area contributed by atoms with Crippen LogP contribution in [0.3, 0.4) is 0 Å². The highest BCUT2D eigenvalue weighted by Gasteiger charge is 2.55. The van der Waals surface area contributed by atoms with Crippen molar-refractivity contribution in [1.29, 1.82) is 0 Å². The molecule has 1 saturated heterocycles. The zero-order valence-electron chi connectivity index (χ0n) is 14.7. The molecule has 1 N–H and O–H groups in total. The lowest BCUT2D eigenvalue weighted by molar-refractivity contribution is -0.0812. The zero-order valence-corrected chi connectivity index (χ0v) is 16.8. The van der Waals surface area contributed by atoms with Gasteiger partial charge in [-0.15, -0.1) is 0 Å². The number of benzene rings is 1. The number of nitrogens with zero attached hydrogens (tertiary/aromatic N) is 4. The van der Waals surface area contributed by atoms with Crippen molar-refractivity contribution in [2.75, 3.05) is 4.43 Å². The average molecular weight is 497 g/mol. The maximum atomic E-state index is 12.6. The molecule has 0 radical (unpaired) electrons. The first-order valence-electron chi connectivity index (χ1n) is 8.29. The Bertz CT molecular complexity index is 1030. The number of rotatable bonds is 5. The van der Waals surface area contributed by atoms with Crippen molar-refractivity contribution in [1.82, 2.24) is 9.55 Å². The van der Waals surface area contributed by atoms with E-state index in [1.54, 1.807) is 37.3 Å². The molecule has 0 amide bonds. The number of nitrogens with one attached hydrogen (secondary N) is 1. The van der Waals surface area contributed by atoms with Gasteiger partial charge in [0.25, 0.3) is 5.56 Å². The standard InChI is InChI=1S/C17H16IN5O5/c1-10-13(27-15(25)11-5-3-2-4-6-11)14(28-17(10,9-18)21-22-19)23-8-7-12(24)20-16(23)26/h2-8,10,13-14H,9H2,1H3,(H,20,24,26)/t10-,13+,14+,17+/m0/s1. The number of azide groups is 1. The lowest BCUT2D eigenvalue weighted by Gasteiger charge is -2.25. The van der Waals surface area contributed by atoms with Crippen molar-refractivity contribution in [3.8, 4) is 0 Å². The number of halogens is 1. The summed E-state index contributed by atoms with van der Waals surface area (Å²) in [5.41, 5.74) is 6.70. The molecule has 2 heterocycles. The van der Waals surface area contributed by atoms with Crippen LogP contribution in [-0.2, 0) is 9.47 Å². The summed E-state index contributed by atoms with van der Waals surface area (Å²) in [7, 11) is 0. The predicted molar refractivity (Wildman–Crippen MR) is 107 cm³/mol. The number of ether oxygens (including phenoxy) is 2. The van der Waals surface area contributed by atoms with Crippen LogP contribution in [0.1, 0.15) is 23.5 Å². The first-order valence-corrected chi connectivity index (χ1v) is 9.82. The lowest BCUT2D eigenvalue weighted by atomic mass is 9.96. The highest BCUT2D eigenvalue weighted by atomic mass is 127. The molecule has 1 aromatic carbocycles. The molecule has 28 heavy (non-hydrogen) atoms. The Morgan fingerprint density at radius 2 is 2.11 bits per heavy atom. The first-order chi connectivity index (χ1) is 13.4. The topological polar surface area (TPSA) is 139 Å². The molecule has 11 heteroatoms. The van der Waals surface area contributed by atoms with E-state index in [1.165, 1.54) is 6.20 Å². The third-order valence-corrected chi connectivity index (χ3v) is 5.69. The molecule has 0 bridgehead atoms. The highest BCUT2D eigenvalue weighted by Crippen LogP contribution is 2.45. The number of alkyl halides is 1. The molecule has 0 saturated carbocycles. The molecule has 0 aliphatic carbocycles. The van der Waals surface area contributed by atoms with Crippen LogP contribution in [0.2, 0.25) is 0 Å². The van der Waals surface area contributed by atoms with Crippen molar-refractivity contribution >= 4 is 28.6 Å². The number of aromatic amines is 1. The molecule has 3 rings (SSSR count). The fourth-order valence-corrected chi connectivity index (χ4v) is 4.05. The fourth-order valence-electron chi connectivity index (χ4n) is 3.03. The molecule has 1 fully saturated rings. The second-order valence-corrected chi connectivity index (χ2v) is 6.98. The van der Waals surface area contributed by atoms with Gasteiger partial charge in [0.15, 0.2) is 18.1 Å². The fraction of sp³-hybridized carbons (Fsp3) is 0.353. The van der Waals surface area contributed by atoms with E-state index >= 15 is 0 Å². The molecular weight excluding hydrogens is 481 g/mol. The summed E-state index contributed by atoms with van der Waals surface area (Å²) in [6, 6.07) is 9.52. The number of hydrogen-bond acceptors (Lipinski definition) is 6. The molecule has 0 spiro atoms. The van der Waals surface area contributed by atoms with Gasteiger partial charge in [0.05, 0.1) is 5.56 Å².